The third kappa shape index (κ3) is 2.36. The van der Waals surface area contributed by atoms with Crippen molar-refractivity contribution in [3.05, 3.63) is 78.2 Å². The average molecular weight is 303 g/mol. The molecule has 4 aromatic rings. The van der Waals surface area contributed by atoms with E-state index in [0.29, 0.717) is 0 Å². The molecule has 0 saturated carbocycles. The molecule has 0 unspecified atom stereocenters. The topological polar surface area (TPSA) is 29.9 Å². The Morgan fingerprint density at radius 1 is 0.727 bits per heavy atom. The van der Waals surface area contributed by atoms with Crippen LogP contribution in [0, 0.1) is 0 Å². The van der Waals surface area contributed by atoms with E-state index in [2.05, 4.69) is 76.0 Å². The first-order chi connectivity index (χ1) is 10.9. The zero-order chi connectivity index (χ0) is 14.8. The van der Waals surface area contributed by atoms with E-state index in [-0.39, 0.29) is 0 Å². The first-order valence-corrected chi connectivity index (χ1v) is 8.10. The van der Waals surface area contributed by atoms with E-state index >= 15 is 0 Å². The first kappa shape index (κ1) is 13.0. The van der Waals surface area contributed by atoms with E-state index in [1.807, 2.05) is 12.1 Å². The molecule has 22 heavy (non-hydrogen) atoms. The monoisotopic (exact) mass is 303 g/mol. The summed E-state index contributed by atoms with van der Waals surface area (Å²) in [7, 11) is 0. The Labute approximate surface area is 133 Å². The van der Waals surface area contributed by atoms with Gasteiger partial charge in [0.2, 0.25) is 0 Å². The molecule has 2 heterocycles. The van der Waals surface area contributed by atoms with E-state index < -0.39 is 0 Å². The van der Waals surface area contributed by atoms with Crippen LogP contribution in [0.25, 0.3) is 33.2 Å². The van der Waals surface area contributed by atoms with E-state index in [0.717, 1.165) is 17.2 Å². The maximum atomic E-state index is 3.55. The third-order valence-electron chi connectivity index (χ3n) is 3.64. The van der Waals surface area contributed by atoms with Crippen molar-refractivity contribution in [2.24, 2.45) is 0 Å². The smallest absolute Gasteiger partial charge is 0.235 e. The summed E-state index contributed by atoms with van der Waals surface area (Å²) in [4.78, 5) is 8.32. The van der Waals surface area contributed by atoms with Gasteiger partial charge in [-0.15, -0.1) is 11.3 Å². The average Bonchev–Trinajstić information content (AvgIpc) is 3.26. The van der Waals surface area contributed by atoms with Crippen LogP contribution >= 0.6 is 11.3 Å². The van der Waals surface area contributed by atoms with Crippen molar-refractivity contribution in [3.63, 3.8) is 0 Å². The molecule has 0 bridgehead atoms. The van der Waals surface area contributed by atoms with Gasteiger partial charge in [-0.25, -0.2) is 9.97 Å². The normalized spacial score (nSPS) is 10.7. The largest absolute Gasteiger partial charge is 0.295 e. The van der Waals surface area contributed by atoms with Gasteiger partial charge in [-0.2, -0.15) is 0 Å². The fourth-order valence-corrected chi connectivity index (χ4v) is 3.27. The molecule has 0 aliphatic heterocycles. The Balaban J connectivity index is 1.92. The van der Waals surface area contributed by atoms with Gasteiger partial charge in [0.05, 0.1) is 0 Å². The minimum Gasteiger partial charge on any atom is -0.235 e. The Bertz CT molecular complexity index is 805. The SMILES string of the molecule is c1ccc(-c2[nH]c(-c3cccs3)[nH+]c2-c2ccccc2)cc1. The zero-order valence-corrected chi connectivity index (χ0v) is 12.7. The Hall–Kier alpha value is -2.65. The molecule has 3 heteroatoms. The van der Waals surface area contributed by atoms with Crippen LogP contribution in [-0.4, -0.2) is 4.98 Å². The second-order valence-electron chi connectivity index (χ2n) is 5.08. The summed E-state index contributed by atoms with van der Waals surface area (Å²) in [6.45, 7) is 0. The number of benzene rings is 2. The molecule has 0 aliphatic carbocycles. The molecule has 2 N–H and O–H groups in total. The van der Waals surface area contributed by atoms with Crippen LogP contribution < -0.4 is 4.98 Å². The summed E-state index contributed by atoms with van der Waals surface area (Å²) < 4.78 is 0. The highest BCUT2D eigenvalue weighted by molar-refractivity contribution is 7.13. The van der Waals surface area contributed by atoms with Gasteiger partial charge in [-0.05, 0) is 11.4 Å². The molecule has 4 rings (SSSR count). The Morgan fingerprint density at radius 2 is 1.41 bits per heavy atom. The highest BCUT2D eigenvalue weighted by Gasteiger charge is 2.21. The molecule has 0 saturated heterocycles. The summed E-state index contributed by atoms with van der Waals surface area (Å²) in [6, 6.07) is 25.0. The summed E-state index contributed by atoms with van der Waals surface area (Å²) in [5, 5.41) is 2.09. The fraction of sp³-hybridized carbons (Fsp3) is 0. The second kappa shape index (κ2) is 5.62. The molecule has 0 amide bonds. The van der Waals surface area contributed by atoms with Crippen LogP contribution in [0.3, 0.4) is 0 Å². The Morgan fingerprint density at radius 3 is 2.05 bits per heavy atom. The standard InChI is InChI=1S/C19H14N2S/c1-3-8-14(9-4-1)17-18(15-10-5-2-6-11-15)21-19(20-17)16-12-7-13-22-16/h1-13H,(H,20,21)/p+1. The number of thiophene rings is 1. The first-order valence-electron chi connectivity index (χ1n) is 7.22. The lowest BCUT2D eigenvalue weighted by Crippen LogP contribution is -2.04. The molecular formula is C19H15N2S+. The molecular weight excluding hydrogens is 288 g/mol. The maximum absolute atomic E-state index is 3.55. The lowest BCUT2D eigenvalue weighted by atomic mass is 10.1. The summed E-state index contributed by atoms with van der Waals surface area (Å²) in [5.74, 6) is 1.05. The molecule has 0 fully saturated rings. The highest BCUT2D eigenvalue weighted by Crippen LogP contribution is 2.31. The number of imidazole rings is 1. The molecule has 2 aromatic heterocycles. The Kier molecular flexibility index (Phi) is 3.33. The third-order valence-corrected chi connectivity index (χ3v) is 4.53. The second-order valence-corrected chi connectivity index (χ2v) is 6.03. The van der Waals surface area contributed by atoms with Crippen LogP contribution in [0.1, 0.15) is 0 Å². The highest BCUT2D eigenvalue weighted by atomic mass is 32.1. The van der Waals surface area contributed by atoms with Gasteiger partial charge in [0.15, 0.2) is 11.4 Å². The lowest BCUT2D eigenvalue weighted by molar-refractivity contribution is -0.348. The van der Waals surface area contributed by atoms with E-state index in [9.17, 15) is 0 Å². The number of H-pyrrole nitrogens is 2. The number of hydrogen-bond acceptors (Lipinski definition) is 1. The van der Waals surface area contributed by atoms with Crippen molar-refractivity contribution >= 4 is 11.3 Å². The number of nitrogens with one attached hydrogen (secondary N) is 2. The molecule has 2 aromatic carbocycles. The summed E-state index contributed by atoms with van der Waals surface area (Å²) in [6.07, 6.45) is 0. The quantitative estimate of drug-likeness (QED) is 0.558. The maximum Gasteiger partial charge on any atom is 0.295 e. The van der Waals surface area contributed by atoms with Crippen molar-refractivity contribution in [3.8, 4) is 33.2 Å². The lowest BCUT2D eigenvalue weighted by Gasteiger charge is -1.98. The van der Waals surface area contributed by atoms with Gasteiger partial charge in [0, 0.05) is 11.1 Å². The van der Waals surface area contributed by atoms with E-state index in [1.165, 1.54) is 16.0 Å². The van der Waals surface area contributed by atoms with Gasteiger partial charge in [0.1, 0.15) is 4.88 Å². The van der Waals surface area contributed by atoms with Gasteiger partial charge < -0.3 is 0 Å². The number of aromatic amines is 2. The number of aromatic nitrogens is 2. The van der Waals surface area contributed by atoms with Gasteiger partial charge in [-0.1, -0.05) is 66.7 Å². The van der Waals surface area contributed by atoms with Gasteiger partial charge in [0.25, 0.3) is 5.82 Å². The van der Waals surface area contributed by atoms with Crippen LogP contribution in [0.2, 0.25) is 0 Å². The van der Waals surface area contributed by atoms with Crippen LogP contribution in [-0.2, 0) is 0 Å². The molecule has 0 radical (unpaired) electrons. The van der Waals surface area contributed by atoms with Crippen LogP contribution in [0.15, 0.2) is 78.2 Å². The van der Waals surface area contributed by atoms with Crippen molar-refractivity contribution in [1.82, 2.24) is 4.98 Å². The van der Waals surface area contributed by atoms with Crippen LogP contribution in [0.4, 0.5) is 0 Å². The van der Waals surface area contributed by atoms with Crippen molar-refractivity contribution in [2.45, 2.75) is 0 Å². The molecule has 106 valence electrons. The summed E-state index contributed by atoms with van der Waals surface area (Å²) in [5.41, 5.74) is 4.60. The summed E-state index contributed by atoms with van der Waals surface area (Å²) >= 11 is 1.73. The zero-order valence-electron chi connectivity index (χ0n) is 11.9. The van der Waals surface area contributed by atoms with Crippen molar-refractivity contribution in [1.29, 1.82) is 0 Å². The number of rotatable bonds is 3. The van der Waals surface area contributed by atoms with Crippen molar-refractivity contribution < 1.29 is 4.98 Å². The van der Waals surface area contributed by atoms with E-state index in [1.54, 1.807) is 11.3 Å². The van der Waals surface area contributed by atoms with Gasteiger partial charge >= 0.3 is 0 Å². The predicted octanol–water partition coefficient (Wildman–Crippen LogP) is 4.89. The fourth-order valence-electron chi connectivity index (χ4n) is 2.59. The molecule has 0 spiro atoms. The molecule has 2 nitrogen and oxygen atoms in total. The predicted molar refractivity (Wildman–Crippen MR) is 91.5 cm³/mol. The molecule has 0 atom stereocenters. The molecule has 0 aliphatic rings. The van der Waals surface area contributed by atoms with Crippen LogP contribution in [0.5, 0.6) is 0 Å². The van der Waals surface area contributed by atoms with Crippen molar-refractivity contribution in [2.75, 3.05) is 0 Å². The number of hydrogen-bond donors (Lipinski definition) is 1. The minimum absolute atomic E-state index is 1.05. The van der Waals surface area contributed by atoms with E-state index in [4.69, 9.17) is 0 Å². The minimum atomic E-state index is 1.05. The van der Waals surface area contributed by atoms with Gasteiger partial charge in [-0.3, -0.25) is 0 Å².